The number of methoxy groups -OCH3 is 1. The molecule has 202 valence electrons. The Kier molecular flexibility index (Phi) is 8.06. The van der Waals surface area contributed by atoms with Gasteiger partial charge in [0.1, 0.15) is 30.6 Å². The van der Waals surface area contributed by atoms with E-state index in [1.54, 1.807) is 13.2 Å². The summed E-state index contributed by atoms with van der Waals surface area (Å²) < 4.78 is 22.1. The monoisotopic (exact) mass is 537 g/mol. The number of nitrogens with one attached hydrogen (secondary N) is 1. The molecule has 1 amide bonds. The summed E-state index contributed by atoms with van der Waals surface area (Å²) in [7, 11) is 1.56. The molecule has 1 aromatic heterocycles. The molecule has 0 aliphatic rings. The van der Waals surface area contributed by atoms with Gasteiger partial charge in [-0.25, -0.2) is 14.4 Å². The van der Waals surface area contributed by atoms with Crippen LogP contribution < -0.4 is 15.7 Å². The van der Waals surface area contributed by atoms with Crippen LogP contribution in [0.4, 0.5) is 4.79 Å². The van der Waals surface area contributed by atoms with Crippen molar-refractivity contribution in [2.45, 2.75) is 25.7 Å². The molecule has 0 fully saturated rings. The summed E-state index contributed by atoms with van der Waals surface area (Å²) >= 11 is 0. The van der Waals surface area contributed by atoms with Crippen molar-refractivity contribution < 1.29 is 28.2 Å². The van der Waals surface area contributed by atoms with E-state index in [1.165, 1.54) is 6.07 Å². The van der Waals surface area contributed by atoms with Gasteiger partial charge in [0.25, 0.3) is 0 Å². The Morgan fingerprint density at radius 2 is 1.43 bits per heavy atom. The number of hydrogen-bond acceptors (Lipinski definition) is 7. The molecule has 1 N–H and O–H groups in total. The molecule has 0 aliphatic heterocycles. The van der Waals surface area contributed by atoms with Gasteiger partial charge in [-0.2, -0.15) is 0 Å². The lowest BCUT2D eigenvalue weighted by Gasteiger charge is -2.18. The Bertz CT molecular complexity index is 1700. The van der Waals surface area contributed by atoms with E-state index in [0.717, 1.165) is 16.5 Å². The minimum absolute atomic E-state index is 0.0569. The van der Waals surface area contributed by atoms with Crippen molar-refractivity contribution >= 4 is 33.8 Å². The summed E-state index contributed by atoms with van der Waals surface area (Å²) in [5.41, 5.74) is 1.90. The average molecular weight is 538 g/mol. The number of esters is 1. The highest BCUT2D eigenvalue weighted by molar-refractivity contribution is 6.08. The maximum absolute atomic E-state index is 13.3. The molecule has 0 unspecified atom stereocenters. The maximum Gasteiger partial charge on any atom is 0.408 e. The molecule has 5 rings (SSSR count). The standard InChI is InChI=1S/C32H27NO7/c1-37-28-18-26-23(17-29(34)40-30(26)25-15-9-8-14-24(25)28)20-38-31(35)27(16-21-10-4-2-5-11-21)33-32(36)39-19-22-12-6-3-7-13-22/h2-15,17-18,27H,16,19-20H2,1H3,(H,33,36)/t27-/m0/s1. The third-order valence-corrected chi connectivity index (χ3v) is 6.46. The van der Waals surface area contributed by atoms with E-state index in [0.29, 0.717) is 27.7 Å². The Morgan fingerprint density at radius 1 is 0.775 bits per heavy atom. The fraction of sp³-hybridized carbons (Fsp3) is 0.156. The zero-order chi connectivity index (χ0) is 27.9. The first kappa shape index (κ1) is 26.5. The second-order valence-electron chi connectivity index (χ2n) is 9.15. The molecular formula is C32H27NO7. The molecule has 5 aromatic rings. The number of fused-ring (bicyclic) bond motifs is 3. The van der Waals surface area contributed by atoms with Crippen LogP contribution in [0.25, 0.3) is 21.7 Å². The molecule has 0 saturated heterocycles. The first-order valence-corrected chi connectivity index (χ1v) is 12.7. The summed E-state index contributed by atoms with van der Waals surface area (Å²) in [5, 5.41) is 4.70. The molecular weight excluding hydrogens is 510 g/mol. The Labute approximate surface area is 230 Å². The first-order chi connectivity index (χ1) is 19.5. The Hall–Kier alpha value is -5.11. The van der Waals surface area contributed by atoms with Crippen LogP contribution >= 0.6 is 0 Å². The topological polar surface area (TPSA) is 104 Å². The second-order valence-corrected chi connectivity index (χ2v) is 9.15. The molecule has 8 heteroatoms. The van der Waals surface area contributed by atoms with Crippen molar-refractivity contribution in [3.05, 3.63) is 124 Å². The molecule has 1 heterocycles. The molecule has 0 bridgehead atoms. The van der Waals surface area contributed by atoms with Gasteiger partial charge < -0.3 is 23.9 Å². The second kappa shape index (κ2) is 12.2. The summed E-state index contributed by atoms with van der Waals surface area (Å²) in [6, 6.07) is 27.9. The molecule has 4 aromatic carbocycles. The largest absolute Gasteiger partial charge is 0.496 e. The fourth-order valence-corrected chi connectivity index (χ4v) is 4.50. The zero-order valence-electron chi connectivity index (χ0n) is 21.8. The number of ether oxygens (including phenoxy) is 3. The van der Waals surface area contributed by atoms with Crippen molar-refractivity contribution in [1.82, 2.24) is 5.32 Å². The number of carbonyl (C=O) groups excluding carboxylic acids is 2. The molecule has 1 atom stereocenters. The van der Waals surface area contributed by atoms with Gasteiger partial charge in [0, 0.05) is 34.2 Å². The van der Waals surface area contributed by atoms with Crippen LogP contribution in [-0.2, 0) is 33.9 Å². The lowest BCUT2D eigenvalue weighted by atomic mass is 10.0. The predicted octanol–water partition coefficient (Wildman–Crippen LogP) is 5.54. The van der Waals surface area contributed by atoms with Gasteiger partial charge in [-0.1, -0.05) is 84.9 Å². The van der Waals surface area contributed by atoms with Gasteiger partial charge in [-0.3, -0.25) is 0 Å². The Balaban J connectivity index is 1.37. The van der Waals surface area contributed by atoms with E-state index in [2.05, 4.69) is 5.32 Å². The molecule has 0 aliphatic carbocycles. The van der Waals surface area contributed by atoms with Crippen molar-refractivity contribution in [3.8, 4) is 5.75 Å². The molecule has 0 saturated carbocycles. The van der Waals surface area contributed by atoms with Gasteiger partial charge in [0.2, 0.25) is 0 Å². The van der Waals surface area contributed by atoms with Crippen LogP contribution in [0.1, 0.15) is 16.7 Å². The normalized spacial score (nSPS) is 11.6. The highest BCUT2D eigenvalue weighted by atomic mass is 16.6. The van der Waals surface area contributed by atoms with E-state index >= 15 is 0 Å². The van der Waals surface area contributed by atoms with Crippen LogP contribution in [0, 0.1) is 0 Å². The number of alkyl carbamates (subject to hydrolysis) is 1. The average Bonchev–Trinajstić information content (AvgIpc) is 2.99. The smallest absolute Gasteiger partial charge is 0.408 e. The van der Waals surface area contributed by atoms with Crippen LogP contribution in [0.15, 0.2) is 106 Å². The zero-order valence-corrected chi connectivity index (χ0v) is 21.8. The number of hydrogen-bond donors (Lipinski definition) is 1. The third-order valence-electron chi connectivity index (χ3n) is 6.46. The molecule has 40 heavy (non-hydrogen) atoms. The van der Waals surface area contributed by atoms with E-state index < -0.39 is 23.7 Å². The summed E-state index contributed by atoms with van der Waals surface area (Å²) in [6.45, 7) is -0.157. The lowest BCUT2D eigenvalue weighted by molar-refractivity contribution is -0.147. The number of rotatable bonds is 9. The number of amides is 1. The minimum atomic E-state index is -1.02. The van der Waals surface area contributed by atoms with E-state index in [4.69, 9.17) is 18.6 Å². The minimum Gasteiger partial charge on any atom is -0.496 e. The third kappa shape index (κ3) is 6.13. The van der Waals surface area contributed by atoms with Crippen molar-refractivity contribution in [1.29, 1.82) is 0 Å². The number of carbonyl (C=O) groups is 2. The summed E-state index contributed by atoms with van der Waals surface area (Å²) in [4.78, 5) is 38.3. The molecule has 0 radical (unpaired) electrons. The van der Waals surface area contributed by atoms with Crippen LogP contribution in [0.2, 0.25) is 0 Å². The van der Waals surface area contributed by atoms with E-state index in [1.807, 2.05) is 84.9 Å². The summed E-state index contributed by atoms with van der Waals surface area (Å²) in [6.07, 6.45) is -0.556. The maximum atomic E-state index is 13.3. The Morgan fingerprint density at radius 3 is 2.12 bits per heavy atom. The van der Waals surface area contributed by atoms with Crippen LogP contribution in [0.3, 0.4) is 0 Å². The molecule has 0 spiro atoms. The van der Waals surface area contributed by atoms with Gasteiger partial charge in [0.05, 0.1) is 7.11 Å². The molecule has 8 nitrogen and oxygen atoms in total. The number of benzene rings is 4. The van der Waals surface area contributed by atoms with Gasteiger partial charge in [-0.15, -0.1) is 0 Å². The van der Waals surface area contributed by atoms with Crippen molar-refractivity contribution in [2.24, 2.45) is 0 Å². The van der Waals surface area contributed by atoms with Crippen molar-refractivity contribution in [2.75, 3.05) is 7.11 Å². The van der Waals surface area contributed by atoms with E-state index in [-0.39, 0.29) is 19.6 Å². The van der Waals surface area contributed by atoms with Gasteiger partial charge in [-0.05, 0) is 17.2 Å². The quantitative estimate of drug-likeness (QED) is 0.150. The van der Waals surface area contributed by atoms with Gasteiger partial charge >= 0.3 is 17.7 Å². The predicted molar refractivity (Wildman–Crippen MR) is 150 cm³/mol. The highest BCUT2D eigenvalue weighted by Crippen LogP contribution is 2.34. The summed E-state index contributed by atoms with van der Waals surface area (Å²) in [5.74, 6) is -0.0797. The van der Waals surface area contributed by atoms with Crippen LogP contribution in [0.5, 0.6) is 5.75 Å². The van der Waals surface area contributed by atoms with E-state index in [9.17, 15) is 14.4 Å². The van der Waals surface area contributed by atoms with Gasteiger partial charge in [0.15, 0.2) is 0 Å². The lowest BCUT2D eigenvalue weighted by Crippen LogP contribution is -2.43. The SMILES string of the molecule is COc1cc2c(COC(=O)[C@H](Cc3ccccc3)NC(=O)OCc3ccccc3)cc(=O)oc2c2ccccc12. The highest BCUT2D eigenvalue weighted by Gasteiger charge is 2.24. The van der Waals surface area contributed by atoms with Crippen LogP contribution in [-0.4, -0.2) is 25.2 Å². The van der Waals surface area contributed by atoms with Crippen molar-refractivity contribution in [3.63, 3.8) is 0 Å². The fourth-order valence-electron chi connectivity index (χ4n) is 4.50. The first-order valence-electron chi connectivity index (χ1n) is 12.7.